The van der Waals surface area contributed by atoms with Crippen LogP contribution < -0.4 is 0 Å². The van der Waals surface area contributed by atoms with E-state index in [-0.39, 0.29) is 0 Å². The van der Waals surface area contributed by atoms with Gasteiger partial charge >= 0.3 is 0 Å². The number of rotatable bonds is 0. The van der Waals surface area contributed by atoms with Crippen molar-refractivity contribution in [1.82, 2.24) is 0 Å². The molecule has 0 aromatic carbocycles. The summed E-state index contributed by atoms with van der Waals surface area (Å²) in [5.41, 5.74) is 4.52. The number of allylic oxidation sites excluding steroid dienone is 6. The molecule has 1 aliphatic heterocycles. The van der Waals surface area contributed by atoms with Crippen LogP contribution in [-0.2, 0) is 0 Å². The second kappa shape index (κ2) is 5.39. The van der Waals surface area contributed by atoms with E-state index in [2.05, 4.69) is 41.7 Å². The number of fused-ring (bicyclic) bond motifs is 4. The maximum absolute atomic E-state index is 5.80. The highest BCUT2D eigenvalue weighted by molar-refractivity contribution is 5.64. The fourth-order valence-electron chi connectivity index (χ4n) is 20.3. The smallest absolute Gasteiger partial charge is 0.0529 e. The van der Waals surface area contributed by atoms with E-state index in [9.17, 15) is 0 Å². The Labute approximate surface area is 232 Å². The van der Waals surface area contributed by atoms with Gasteiger partial charge in [0.15, 0.2) is 0 Å². The third-order valence-corrected chi connectivity index (χ3v) is 19.5. The van der Waals surface area contributed by atoms with Gasteiger partial charge in [0.2, 0.25) is 0 Å². The van der Waals surface area contributed by atoms with Crippen molar-refractivity contribution in [1.29, 1.82) is 0 Å². The van der Waals surface area contributed by atoms with Gasteiger partial charge in [-0.3, -0.25) is 4.99 Å². The zero-order valence-corrected chi connectivity index (χ0v) is 22.9. The van der Waals surface area contributed by atoms with E-state index in [0.29, 0.717) is 6.04 Å². The Hall–Kier alpha value is -1.11. The lowest BCUT2D eigenvalue weighted by Crippen LogP contribution is -2.59. The summed E-state index contributed by atoms with van der Waals surface area (Å²) in [5, 5.41) is 0. The molecule has 15 rings (SSSR count). The molecule has 10 fully saturated rings. The molecule has 0 aromatic heterocycles. The molecule has 2 bridgehead atoms. The van der Waals surface area contributed by atoms with Crippen molar-refractivity contribution in [3.05, 3.63) is 35.5 Å². The number of hydrogen-bond acceptors (Lipinski definition) is 1. The van der Waals surface area contributed by atoms with E-state index >= 15 is 0 Å². The van der Waals surface area contributed by atoms with Crippen LogP contribution in [0.1, 0.15) is 32.1 Å². The molecule has 0 amide bonds. The maximum Gasteiger partial charge on any atom is 0.0529 e. The first-order chi connectivity index (χ1) is 19.4. The summed E-state index contributed by atoms with van der Waals surface area (Å²) in [4.78, 5) is 5.80. The molecule has 26 unspecified atom stereocenters. The quantitative estimate of drug-likeness (QED) is 0.334. The largest absolute Gasteiger partial charge is 0.294 e. The molecule has 0 spiro atoms. The van der Waals surface area contributed by atoms with Crippen LogP contribution in [-0.4, -0.2) is 12.3 Å². The van der Waals surface area contributed by atoms with Crippen molar-refractivity contribution < 1.29 is 0 Å². The first-order valence-corrected chi connectivity index (χ1v) is 18.0. The Bertz CT molecular complexity index is 1460. The summed E-state index contributed by atoms with van der Waals surface area (Å²) in [5.74, 6) is 25.4. The monoisotopic (exact) mass is 511 g/mol. The fraction of sp³-hybridized carbons (Fsp3) is 0.816. The number of nitrogens with zero attached hydrogens (tertiary/aromatic N) is 1. The second-order valence-electron chi connectivity index (χ2n) is 18.6. The molecule has 26 atom stereocenters. The maximum atomic E-state index is 5.80. The normalized spacial score (nSPS) is 79.4. The van der Waals surface area contributed by atoms with Crippen molar-refractivity contribution >= 4 is 6.21 Å². The molecular formula is C38H41N. The van der Waals surface area contributed by atoms with Crippen molar-refractivity contribution in [2.75, 3.05) is 0 Å². The predicted octanol–water partition coefficient (Wildman–Crippen LogP) is 6.39. The second-order valence-corrected chi connectivity index (χ2v) is 18.6. The minimum Gasteiger partial charge on any atom is -0.294 e. The molecule has 198 valence electrons. The van der Waals surface area contributed by atoms with Gasteiger partial charge in [0, 0.05) is 12.1 Å². The van der Waals surface area contributed by atoms with Gasteiger partial charge in [-0.25, -0.2) is 0 Å². The summed E-state index contributed by atoms with van der Waals surface area (Å²) in [7, 11) is 0. The van der Waals surface area contributed by atoms with Gasteiger partial charge in [-0.1, -0.05) is 35.5 Å². The van der Waals surface area contributed by atoms with Crippen molar-refractivity contribution in [3.63, 3.8) is 0 Å². The SMILES string of the molecule is C1=CC2C3CCC4N=CC5C6CCC7C8C=CC9C1C1C%10=C%11C%12C%13C(CC5C5C6C7C(C%11C%135)C8C%109)C4C3C%12C21. The Morgan fingerprint density at radius 2 is 0.949 bits per heavy atom. The van der Waals surface area contributed by atoms with Gasteiger partial charge in [0.1, 0.15) is 0 Å². The molecule has 14 aliphatic carbocycles. The summed E-state index contributed by atoms with van der Waals surface area (Å²) in [6.45, 7) is 0. The van der Waals surface area contributed by atoms with Crippen molar-refractivity contribution in [2.24, 2.45) is 153 Å². The fourth-order valence-corrected chi connectivity index (χ4v) is 20.3. The van der Waals surface area contributed by atoms with Gasteiger partial charge in [0.05, 0.1) is 6.04 Å². The van der Waals surface area contributed by atoms with Crippen LogP contribution in [0.4, 0.5) is 0 Å². The van der Waals surface area contributed by atoms with Gasteiger partial charge in [-0.2, -0.15) is 0 Å². The lowest BCUT2D eigenvalue weighted by atomic mass is 9.43. The van der Waals surface area contributed by atoms with E-state index in [1.807, 2.05) is 0 Å². The van der Waals surface area contributed by atoms with Crippen LogP contribution in [0.2, 0.25) is 0 Å². The highest BCUT2D eigenvalue weighted by Crippen LogP contribution is 2.88. The summed E-state index contributed by atoms with van der Waals surface area (Å²) >= 11 is 0. The van der Waals surface area contributed by atoms with E-state index in [0.717, 1.165) is 148 Å². The Morgan fingerprint density at radius 1 is 0.410 bits per heavy atom. The van der Waals surface area contributed by atoms with Crippen LogP contribution >= 0.6 is 0 Å². The molecule has 1 heteroatoms. The van der Waals surface area contributed by atoms with Gasteiger partial charge in [-0.05, 0) is 174 Å². The van der Waals surface area contributed by atoms with Crippen LogP contribution in [0.3, 0.4) is 0 Å². The summed E-state index contributed by atoms with van der Waals surface area (Å²) in [6, 6.07) is 0.701. The first kappa shape index (κ1) is 19.2. The Kier molecular flexibility index (Phi) is 2.65. The van der Waals surface area contributed by atoms with E-state index < -0.39 is 0 Å². The minimum atomic E-state index is 0.701. The third-order valence-electron chi connectivity index (χ3n) is 19.5. The zero-order valence-electron chi connectivity index (χ0n) is 22.9. The van der Waals surface area contributed by atoms with Gasteiger partial charge in [-0.15, -0.1) is 0 Å². The molecule has 0 N–H and O–H groups in total. The summed E-state index contributed by atoms with van der Waals surface area (Å²) in [6.07, 6.45) is 22.1. The minimum absolute atomic E-state index is 0.701. The van der Waals surface area contributed by atoms with Crippen molar-refractivity contribution in [3.8, 4) is 0 Å². The molecule has 15 aliphatic rings. The van der Waals surface area contributed by atoms with E-state index in [1.54, 1.807) is 19.3 Å². The van der Waals surface area contributed by atoms with Crippen LogP contribution in [0.25, 0.3) is 0 Å². The Morgan fingerprint density at radius 3 is 1.72 bits per heavy atom. The molecule has 10 saturated carbocycles. The van der Waals surface area contributed by atoms with Crippen molar-refractivity contribution in [2.45, 2.75) is 38.1 Å². The van der Waals surface area contributed by atoms with E-state index in [4.69, 9.17) is 4.99 Å². The molecular weight excluding hydrogens is 470 g/mol. The van der Waals surface area contributed by atoms with E-state index in [1.165, 1.54) is 12.8 Å². The number of aliphatic imine (C=N–C) groups is 1. The highest BCUT2D eigenvalue weighted by atomic mass is 14.9. The highest BCUT2D eigenvalue weighted by Gasteiger charge is 2.83. The standard InChI is InChI=1S/C38H41N/c1-2-14-13-3-4-15-16-7-8-21-22-19-9-18-20(10-39-21)17-6-5-11-12(1)28-29(14)34-27(13)26(15)32(23(16)22)36-31(19)35-30(18)24(17)25(11)33(28)37(35)38(34)36/h1-4,10-33,35-37H,5-9H2. The average molecular weight is 512 g/mol. The first-order valence-electron chi connectivity index (χ1n) is 18.0. The lowest BCUT2D eigenvalue weighted by molar-refractivity contribution is -0.137. The predicted molar refractivity (Wildman–Crippen MR) is 148 cm³/mol. The van der Waals surface area contributed by atoms with Crippen LogP contribution in [0.15, 0.2) is 40.4 Å². The van der Waals surface area contributed by atoms with Crippen LogP contribution in [0, 0.1) is 148 Å². The Balaban J connectivity index is 1.14. The molecule has 0 aromatic rings. The van der Waals surface area contributed by atoms with Gasteiger partial charge in [0.25, 0.3) is 0 Å². The van der Waals surface area contributed by atoms with Crippen LogP contribution in [0.5, 0.6) is 0 Å². The number of hydrogen-bond donors (Lipinski definition) is 0. The molecule has 0 radical (unpaired) electrons. The zero-order chi connectivity index (χ0) is 23.9. The summed E-state index contributed by atoms with van der Waals surface area (Å²) < 4.78 is 0. The molecule has 1 heterocycles. The van der Waals surface area contributed by atoms with Gasteiger partial charge < -0.3 is 0 Å². The third kappa shape index (κ3) is 1.52. The lowest BCUT2D eigenvalue weighted by Gasteiger charge is -2.61. The topological polar surface area (TPSA) is 12.4 Å². The molecule has 39 heavy (non-hydrogen) atoms. The molecule has 1 nitrogen and oxygen atoms in total. The molecule has 0 saturated heterocycles. The average Bonchev–Trinajstić information content (AvgIpc) is 3.72.